The molecule has 0 bridgehead atoms. The van der Waals surface area contributed by atoms with E-state index in [2.05, 4.69) is 11.1 Å². The van der Waals surface area contributed by atoms with Crippen LogP contribution < -0.4 is 5.43 Å². The molecule has 4 rings (SSSR count). The first-order valence-electron chi connectivity index (χ1n) is 11.0. The molecule has 2 aromatic heterocycles. The quantitative estimate of drug-likeness (QED) is 0.342. The number of pyridine rings is 1. The topological polar surface area (TPSA) is 125 Å². The highest BCUT2D eigenvalue weighted by Crippen LogP contribution is 2.20. The van der Waals surface area contributed by atoms with Gasteiger partial charge in [-0.3, -0.25) is 4.79 Å². The smallest absolute Gasteiger partial charge is 0.211 e. The fourth-order valence-corrected chi connectivity index (χ4v) is 4.72. The van der Waals surface area contributed by atoms with E-state index in [0.717, 1.165) is 11.8 Å². The van der Waals surface area contributed by atoms with Crippen molar-refractivity contribution < 1.29 is 8.42 Å². The summed E-state index contributed by atoms with van der Waals surface area (Å²) in [5, 5.41) is 18.8. The van der Waals surface area contributed by atoms with Gasteiger partial charge in [0.25, 0.3) is 0 Å². The largest absolute Gasteiger partial charge is 0.329 e. The van der Waals surface area contributed by atoms with E-state index in [1.807, 2.05) is 22.8 Å². The number of aromatic nitrogens is 3. The maximum absolute atomic E-state index is 12.8. The number of benzene rings is 2. The lowest BCUT2D eigenvalue weighted by Gasteiger charge is -2.23. The van der Waals surface area contributed by atoms with E-state index in [4.69, 9.17) is 16.9 Å². The second-order valence-electron chi connectivity index (χ2n) is 8.36. The van der Waals surface area contributed by atoms with Gasteiger partial charge in [-0.15, -0.1) is 0 Å². The van der Waals surface area contributed by atoms with E-state index in [1.54, 1.807) is 53.5 Å². The lowest BCUT2D eigenvalue weighted by molar-refractivity contribution is 0.387. The van der Waals surface area contributed by atoms with Crippen LogP contribution in [0.3, 0.4) is 0 Å². The predicted molar refractivity (Wildman–Crippen MR) is 138 cm³/mol. The summed E-state index contributed by atoms with van der Waals surface area (Å²) >= 11 is 6.15. The maximum atomic E-state index is 12.8. The van der Waals surface area contributed by atoms with Crippen LogP contribution in [0.1, 0.15) is 28.1 Å². The Hall–Kier alpha value is -4.22. The van der Waals surface area contributed by atoms with Crippen LogP contribution in [0.5, 0.6) is 0 Å². The van der Waals surface area contributed by atoms with Gasteiger partial charge in [-0.1, -0.05) is 29.8 Å². The van der Waals surface area contributed by atoms with Gasteiger partial charge in [0.05, 0.1) is 43.0 Å². The third-order valence-corrected chi connectivity index (χ3v) is 7.15. The van der Waals surface area contributed by atoms with Crippen molar-refractivity contribution in [3.8, 4) is 17.8 Å². The van der Waals surface area contributed by atoms with E-state index in [1.165, 1.54) is 16.6 Å². The number of halogens is 1. The molecule has 0 fully saturated rings. The zero-order valence-electron chi connectivity index (χ0n) is 19.7. The predicted octanol–water partition coefficient (Wildman–Crippen LogP) is 3.44. The SMILES string of the molecule is CS(=O)(=O)N(Cc1cncn1Cc1ccc(C#N)cc1)Cc1cc(=O)c(C#N)cn1-c1cccc(Cl)c1. The van der Waals surface area contributed by atoms with E-state index in [0.29, 0.717) is 34.2 Å². The van der Waals surface area contributed by atoms with Crippen LogP contribution in [0.2, 0.25) is 5.02 Å². The van der Waals surface area contributed by atoms with E-state index in [-0.39, 0.29) is 18.7 Å². The minimum atomic E-state index is -3.72. The molecule has 0 N–H and O–H groups in total. The fraction of sp³-hybridized carbons (Fsp3) is 0.154. The molecule has 9 nitrogen and oxygen atoms in total. The van der Waals surface area contributed by atoms with Gasteiger partial charge in [-0.05, 0) is 35.9 Å². The summed E-state index contributed by atoms with van der Waals surface area (Å²) < 4.78 is 30.3. The van der Waals surface area contributed by atoms with Crippen LogP contribution in [0.4, 0.5) is 0 Å². The lowest BCUT2D eigenvalue weighted by atomic mass is 10.1. The zero-order valence-corrected chi connectivity index (χ0v) is 21.3. The molecule has 11 heteroatoms. The molecular formula is C26H21ClN6O3S. The van der Waals surface area contributed by atoms with Crippen molar-refractivity contribution in [3.05, 3.63) is 117 Å². The molecule has 0 radical (unpaired) electrons. The van der Waals surface area contributed by atoms with Crippen LogP contribution in [-0.2, 0) is 29.7 Å². The summed E-state index contributed by atoms with van der Waals surface area (Å²) in [6.07, 6.45) is 5.68. The van der Waals surface area contributed by atoms with Crippen LogP contribution in [0.25, 0.3) is 5.69 Å². The van der Waals surface area contributed by atoms with Crippen LogP contribution in [0, 0.1) is 22.7 Å². The van der Waals surface area contributed by atoms with E-state index >= 15 is 0 Å². The highest BCUT2D eigenvalue weighted by atomic mass is 35.5. The molecular weight excluding hydrogens is 512 g/mol. The van der Waals surface area contributed by atoms with Crippen molar-refractivity contribution in [2.24, 2.45) is 0 Å². The Morgan fingerprint density at radius 2 is 1.76 bits per heavy atom. The normalized spacial score (nSPS) is 11.3. The Labute approximate surface area is 219 Å². The molecule has 0 aliphatic rings. The third kappa shape index (κ3) is 6.13. The molecule has 4 aromatic rings. The number of nitriles is 2. The number of rotatable bonds is 8. The Morgan fingerprint density at radius 3 is 2.41 bits per heavy atom. The second kappa shape index (κ2) is 10.8. The average Bonchev–Trinajstić information content (AvgIpc) is 3.30. The summed E-state index contributed by atoms with van der Waals surface area (Å²) in [5.74, 6) is 0. The van der Waals surface area contributed by atoms with Gasteiger partial charge in [0, 0.05) is 41.4 Å². The molecule has 2 aromatic carbocycles. The molecule has 0 unspecified atom stereocenters. The van der Waals surface area contributed by atoms with Crippen LogP contribution in [0.15, 0.2) is 78.1 Å². The Bertz CT molecular complexity index is 1700. The van der Waals surface area contributed by atoms with Crippen LogP contribution >= 0.6 is 11.6 Å². The molecule has 2 heterocycles. The lowest BCUT2D eigenvalue weighted by Crippen LogP contribution is -2.32. The first kappa shape index (κ1) is 25.9. The second-order valence-corrected chi connectivity index (χ2v) is 10.8. The standard InChI is InChI=1S/C26H21ClN6O3S/c1-37(35,36)32(17-25-13-30-18-31(25)14-20-7-5-19(11-28)6-8-20)16-24-10-26(34)21(12-29)15-33(24)23-4-2-3-22(27)9-23/h2-10,13,15,18H,14,16-17H2,1H3. The van der Waals surface area contributed by atoms with Gasteiger partial charge >= 0.3 is 0 Å². The summed E-state index contributed by atoms with van der Waals surface area (Å²) in [4.78, 5) is 16.7. The summed E-state index contributed by atoms with van der Waals surface area (Å²) in [7, 11) is -3.72. The molecule has 0 atom stereocenters. The number of nitrogens with zero attached hydrogens (tertiary/aromatic N) is 6. The highest BCUT2D eigenvalue weighted by Gasteiger charge is 2.22. The minimum absolute atomic E-state index is 0.00114. The van der Waals surface area contributed by atoms with Gasteiger partial charge in [0.1, 0.15) is 11.6 Å². The summed E-state index contributed by atoms with van der Waals surface area (Å²) in [6, 6.07) is 19.1. The first-order valence-corrected chi connectivity index (χ1v) is 13.3. The molecule has 37 heavy (non-hydrogen) atoms. The van der Waals surface area contributed by atoms with Crippen molar-refractivity contribution in [1.82, 2.24) is 18.4 Å². The molecule has 0 spiro atoms. The first-order chi connectivity index (χ1) is 17.7. The minimum Gasteiger partial charge on any atom is -0.329 e. The molecule has 0 amide bonds. The summed E-state index contributed by atoms with van der Waals surface area (Å²) in [6.45, 7) is 0.302. The number of sulfonamides is 1. The highest BCUT2D eigenvalue weighted by molar-refractivity contribution is 7.88. The Balaban J connectivity index is 1.69. The molecule has 0 saturated heterocycles. The average molecular weight is 533 g/mol. The summed E-state index contributed by atoms with van der Waals surface area (Å²) in [5.41, 5.74) is 2.48. The number of imidazole rings is 1. The molecule has 186 valence electrons. The van der Waals surface area contributed by atoms with Gasteiger partial charge in [0.2, 0.25) is 10.0 Å². The number of hydrogen-bond donors (Lipinski definition) is 0. The Kier molecular flexibility index (Phi) is 7.55. The van der Waals surface area contributed by atoms with Crippen molar-refractivity contribution in [3.63, 3.8) is 0 Å². The maximum Gasteiger partial charge on any atom is 0.211 e. The number of hydrogen-bond acceptors (Lipinski definition) is 6. The van der Waals surface area contributed by atoms with Crippen LogP contribution in [-0.4, -0.2) is 33.1 Å². The molecule has 0 aliphatic heterocycles. The van der Waals surface area contributed by atoms with Gasteiger partial charge in [0.15, 0.2) is 5.43 Å². The van der Waals surface area contributed by atoms with E-state index < -0.39 is 15.5 Å². The third-order valence-electron chi connectivity index (χ3n) is 5.72. The zero-order chi connectivity index (χ0) is 26.6. The van der Waals surface area contributed by atoms with Gasteiger partial charge in [-0.2, -0.15) is 14.8 Å². The monoisotopic (exact) mass is 532 g/mol. The van der Waals surface area contributed by atoms with Crippen molar-refractivity contribution in [2.45, 2.75) is 19.6 Å². The van der Waals surface area contributed by atoms with Gasteiger partial charge in [-0.25, -0.2) is 13.4 Å². The van der Waals surface area contributed by atoms with Crippen molar-refractivity contribution >= 4 is 21.6 Å². The van der Waals surface area contributed by atoms with Gasteiger partial charge < -0.3 is 9.13 Å². The van der Waals surface area contributed by atoms with Crippen molar-refractivity contribution in [2.75, 3.05) is 6.26 Å². The van der Waals surface area contributed by atoms with Crippen molar-refractivity contribution in [1.29, 1.82) is 10.5 Å². The molecule has 0 aliphatic carbocycles. The fourth-order valence-electron chi connectivity index (χ4n) is 3.80. The Morgan fingerprint density at radius 1 is 1.03 bits per heavy atom. The molecule has 0 saturated carbocycles. The van der Waals surface area contributed by atoms with E-state index in [9.17, 15) is 18.5 Å².